The number of thiocarbonyl (C=S) groups is 1. The highest BCUT2D eigenvalue weighted by atomic mass is 32.1. The highest BCUT2D eigenvalue weighted by Gasteiger charge is 2.35. The Morgan fingerprint density at radius 1 is 0.917 bits per heavy atom. The summed E-state index contributed by atoms with van der Waals surface area (Å²) in [6.45, 7) is 7.32. The van der Waals surface area contributed by atoms with E-state index < -0.39 is 11.8 Å². The van der Waals surface area contributed by atoms with Crippen LogP contribution in [0, 0.1) is 27.7 Å². The molecule has 0 saturated carbocycles. The van der Waals surface area contributed by atoms with Gasteiger partial charge in [-0.15, -0.1) is 0 Å². The molecule has 5 rings (SSSR count). The fourth-order valence-corrected chi connectivity index (χ4v) is 4.82. The molecule has 36 heavy (non-hydrogen) atoms. The summed E-state index contributed by atoms with van der Waals surface area (Å²) in [5.41, 5.74) is 3.87. The van der Waals surface area contributed by atoms with Crippen LogP contribution in [0.3, 0.4) is 0 Å². The molecule has 9 heteroatoms. The van der Waals surface area contributed by atoms with E-state index in [0.717, 1.165) is 11.3 Å². The van der Waals surface area contributed by atoms with Gasteiger partial charge in [0.1, 0.15) is 11.4 Å². The summed E-state index contributed by atoms with van der Waals surface area (Å²) >= 11 is 5.32. The van der Waals surface area contributed by atoms with Crippen LogP contribution < -0.4 is 15.8 Å². The van der Waals surface area contributed by atoms with E-state index in [0.29, 0.717) is 33.7 Å². The number of aromatic nitrogens is 3. The second-order valence-electron chi connectivity index (χ2n) is 8.68. The molecule has 3 heterocycles. The molecule has 8 nitrogen and oxygen atoms in total. The zero-order chi connectivity index (χ0) is 25.7. The Balaban J connectivity index is 1.64. The molecule has 1 saturated heterocycles. The maximum Gasteiger partial charge on any atom is 0.280 e. The van der Waals surface area contributed by atoms with Gasteiger partial charge in [-0.2, -0.15) is 4.68 Å². The number of aryl methyl sites for hydroxylation is 3. The lowest BCUT2D eigenvalue weighted by atomic mass is 10.1. The number of amides is 2. The van der Waals surface area contributed by atoms with E-state index in [9.17, 15) is 14.4 Å². The summed E-state index contributed by atoms with van der Waals surface area (Å²) in [6.07, 6.45) is 1.54. The van der Waals surface area contributed by atoms with Gasteiger partial charge in [0.2, 0.25) is 0 Å². The summed E-state index contributed by atoms with van der Waals surface area (Å²) in [5.74, 6) is -0.564. The van der Waals surface area contributed by atoms with Crippen molar-refractivity contribution in [2.75, 3.05) is 4.90 Å². The molecule has 2 amide bonds. The van der Waals surface area contributed by atoms with Crippen LogP contribution in [-0.2, 0) is 9.59 Å². The van der Waals surface area contributed by atoms with Crippen molar-refractivity contribution in [1.29, 1.82) is 0 Å². The molecule has 0 radical (unpaired) electrons. The molecule has 1 aliphatic heterocycles. The third-order valence-corrected chi connectivity index (χ3v) is 6.59. The average Bonchev–Trinajstić information content (AvgIpc) is 3.10. The first-order chi connectivity index (χ1) is 17.2. The number of carbonyl (C=O) groups excluding carboxylic acids is 2. The first-order valence-corrected chi connectivity index (χ1v) is 11.7. The van der Waals surface area contributed by atoms with E-state index in [1.165, 1.54) is 9.58 Å². The van der Waals surface area contributed by atoms with Gasteiger partial charge in [-0.25, -0.2) is 4.98 Å². The third kappa shape index (κ3) is 3.64. The molecule has 2 aromatic heterocycles. The minimum atomic E-state index is -0.569. The first-order valence-electron chi connectivity index (χ1n) is 11.3. The Morgan fingerprint density at radius 3 is 2.36 bits per heavy atom. The molecule has 1 aliphatic rings. The smallest absolute Gasteiger partial charge is 0.280 e. The molecule has 1 N–H and O–H groups in total. The molecule has 4 aromatic rings. The van der Waals surface area contributed by atoms with Crippen LogP contribution in [0.5, 0.6) is 0 Å². The Kier molecular flexibility index (Phi) is 5.64. The fourth-order valence-electron chi connectivity index (χ4n) is 4.55. The lowest BCUT2D eigenvalue weighted by molar-refractivity contribution is -0.122. The average molecular weight is 498 g/mol. The second kappa shape index (κ2) is 8.69. The molecular weight excluding hydrogens is 474 g/mol. The molecule has 0 bridgehead atoms. The number of anilines is 1. The van der Waals surface area contributed by atoms with Gasteiger partial charge >= 0.3 is 0 Å². The zero-order valence-corrected chi connectivity index (χ0v) is 21.0. The topological polar surface area (TPSA) is 89.2 Å². The standard InChI is InChI=1S/C27H23N5O3S/c1-15-9-5-8-12-23(15)30-25(34)21(24(33)29-27(30)36)14-19-13-16(2)31(17(19)3)32-18(4)28-22-11-7-6-10-20(22)26(32)35/h5-14H,1-4H3,(H,29,33,36). The van der Waals surface area contributed by atoms with Gasteiger partial charge in [0, 0.05) is 11.4 Å². The molecule has 1 fully saturated rings. The van der Waals surface area contributed by atoms with Crippen LogP contribution in [0.15, 0.2) is 65.0 Å². The van der Waals surface area contributed by atoms with Crippen molar-refractivity contribution in [3.05, 3.63) is 98.9 Å². The predicted molar refractivity (Wildman–Crippen MR) is 143 cm³/mol. The van der Waals surface area contributed by atoms with Crippen molar-refractivity contribution in [2.45, 2.75) is 27.7 Å². The minimum Gasteiger partial charge on any atom is -0.298 e. The highest BCUT2D eigenvalue weighted by molar-refractivity contribution is 7.80. The highest BCUT2D eigenvalue weighted by Crippen LogP contribution is 2.26. The number of nitrogens with one attached hydrogen (secondary N) is 1. The zero-order valence-electron chi connectivity index (χ0n) is 20.2. The Labute approximate surface area is 212 Å². The lowest BCUT2D eigenvalue weighted by Crippen LogP contribution is -2.54. The number of benzene rings is 2. The van der Waals surface area contributed by atoms with Crippen LogP contribution >= 0.6 is 12.2 Å². The fraction of sp³-hybridized carbons (Fsp3) is 0.148. The van der Waals surface area contributed by atoms with Crippen molar-refractivity contribution in [2.24, 2.45) is 0 Å². The van der Waals surface area contributed by atoms with E-state index in [-0.39, 0.29) is 16.2 Å². The van der Waals surface area contributed by atoms with Gasteiger partial charge in [0.25, 0.3) is 17.4 Å². The minimum absolute atomic E-state index is 0.0336. The van der Waals surface area contributed by atoms with Gasteiger partial charge in [-0.05, 0) is 81.4 Å². The van der Waals surface area contributed by atoms with Crippen LogP contribution in [0.25, 0.3) is 17.0 Å². The van der Waals surface area contributed by atoms with Crippen LogP contribution in [-0.4, -0.2) is 31.3 Å². The van der Waals surface area contributed by atoms with Crippen molar-refractivity contribution < 1.29 is 9.59 Å². The van der Waals surface area contributed by atoms with E-state index in [1.807, 2.05) is 51.1 Å². The number of para-hydroxylation sites is 2. The van der Waals surface area contributed by atoms with Gasteiger partial charge < -0.3 is 0 Å². The van der Waals surface area contributed by atoms with Crippen molar-refractivity contribution in [3.63, 3.8) is 0 Å². The summed E-state index contributed by atoms with van der Waals surface area (Å²) in [7, 11) is 0. The summed E-state index contributed by atoms with van der Waals surface area (Å²) < 4.78 is 3.25. The maximum atomic E-state index is 13.5. The van der Waals surface area contributed by atoms with Crippen LogP contribution in [0.1, 0.15) is 28.3 Å². The van der Waals surface area contributed by atoms with E-state index in [4.69, 9.17) is 12.2 Å². The van der Waals surface area contributed by atoms with Crippen molar-refractivity contribution >= 4 is 51.8 Å². The maximum absolute atomic E-state index is 13.5. The van der Waals surface area contributed by atoms with Crippen LogP contribution in [0.2, 0.25) is 0 Å². The van der Waals surface area contributed by atoms with E-state index in [2.05, 4.69) is 10.3 Å². The van der Waals surface area contributed by atoms with E-state index >= 15 is 0 Å². The third-order valence-electron chi connectivity index (χ3n) is 6.31. The van der Waals surface area contributed by atoms with Crippen LogP contribution in [0.4, 0.5) is 5.69 Å². The molecular formula is C27H23N5O3S. The Morgan fingerprint density at radius 2 is 1.61 bits per heavy atom. The number of rotatable bonds is 3. The first kappa shape index (κ1) is 23.4. The van der Waals surface area contributed by atoms with Gasteiger partial charge in [0.05, 0.1) is 16.6 Å². The summed E-state index contributed by atoms with van der Waals surface area (Å²) in [6, 6.07) is 16.3. The Hall–Kier alpha value is -4.37. The van der Waals surface area contributed by atoms with Gasteiger partial charge in [-0.1, -0.05) is 30.3 Å². The van der Waals surface area contributed by atoms with Crippen molar-refractivity contribution in [3.8, 4) is 0 Å². The number of nitrogens with zero attached hydrogens (tertiary/aromatic N) is 4. The molecule has 0 unspecified atom stereocenters. The number of hydrogen-bond donors (Lipinski definition) is 1. The predicted octanol–water partition coefficient (Wildman–Crippen LogP) is 3.57. The monoisotopic (exact) mass is 497 g/mol. The number of hydrogen-bond acceptors (Lipinski definition) is 5. The quantitative estimate of drug-likeness (QED) is 0.266. The lowest BCUT2D eigenvalue weighted by Gasteiger charge is -2.30. The molecule has 180 valence electrons. The Bertz CT molecular complexity index is 1700. The molecule has 0 aliphatic carbocycles. The normalized spacial score (nSPS) is 15.2. The largest absolute Gasteiger partial charge is 0.298 e. The van der Waals surface area contributed by atoms with Gasteiger partial charge in [-0.3, -0.25) is 29.3 Å². The SMILES string of the molecule is Cc1ccccc1N1C(=O)C(=Cc2cc(C)n(-n3c(C)nc4ccccc4c3=O)c2C)C(=O)NC1=S. The number of carbonyl (C=O) groups is 2. The molecule has 2 aromatic carbocycles. The summed E-state index contributed by atoms with van der Waals surface area (Å²) in [5, 5.41) is 3.16. The number of fused-ring (bicyclic) bond motifs is 1. The summed E-state index contributed by atoms with van der Waals surface area (Å²) in [4.78, 5) is 45.6. The van der Waals surface area contributed by atoms with E-state index in [1.54, 1.807) is 41.9 Å². The van der Waals surface area contributed by atoms with Gasteiger partial charge in [0.15, 0.2) is 5.11 Å². The molecule has 0 atom stereocenters. The van der Waals surface area contributed by atoms with Crippen molar-refractivity contribution in [1.82, 2.24) is 19.7 Å². The second-order valence-corrected chi connectivity index (χ2v) is 9.06. The molecule has 0 spiro atoms.